The number of fused-ring (bicyclic) bond motifs is 1. The van der Waals surface area contributed by atoms with Gasteiger partial charge in [-0.15, -0.1) is 0 Å². The van der Waals surface area contributed by atoms with Crippen LogP contribution in [0, 0.1) is 27.9 Å². The molecule has 0 N–H and O–H groups in total. The van der Waals surface area contributed by atoms with Gasteiger partial charge >= 0.3 is 5.97 Å². The van der Waals surface area contributed by atoms with Gasteiger partial charge in [-0.25, -0.2) is 8.42 Å². The van der Waals surface area contributed by atoms with Crippen molar-refractivity contribution in [1.29, 1.82) is 0 Å². The molecule has 29 heavy (non-hydrogen) atoms. The highest BCUT2D eigenvalue weighted by molar-refractivity contribution is 7.89. The van der Waals surface area contributed by atoms with Gasteiger partial charge in [-0.2, -0.15) is 4.31 Å². The normalized spacial score (nSPS) is 27.8. The van der Waals surface area contributed by atoms with Gasteiger partial charge in [0.1, 0.15) is 0 Å². The van der Waals surface area contributed by atoms with Crippen LogP contribution in [0.5, 0.6) is 0 Å². The molecule has 0 amide bonds. The minimum atomic E-state index is -4.02. The number of hydrogen-bond acceptors (Lipinski definition) is 6. The van der Waals surface area contributed by atoms with Gasteiger partial charge in [-0.1, -0.05) is 19.1 Å². The third-order valence-electron chi connectivity index (χ3n) is 6.12. The van der Waals surface area contributed by atoms with E-state index in [9.17, 15) is 23.3 Å². The number of benzene rings is 1. The van der Waals surface area contributed by atoms with Crippen LogP contribution in [0.4, 0.5) is 5.69 Å². The molecule has 160 valence electrons. The minimum absolute atomic E-state index is 0.0573. The summed E-state index contributed by atoms with van der Waals surface area (Å²) in [6.45, 7) is 4.51. The Morgan fingerprint density at radius 3 is 2.72 bits per heavy atom. The van der Waals surface area contributed by atoms with Crippen molar-refractivity contribution in [3.63, 3.8) is 0 Å². The zero-order valence-electron chi connectivity index (χ0n) is 16.8. The highest BCUT2D eigenvalue weighted by atomic mass is 32.2. The molecule has 2 aliphatic rings. The quantitative estimate of drug-likeness (QED) is 0.394. The van der Waals surface area contributed by atoms with Crippen LogP contribution in [0.3, 0.4) is 0 Å². The van der Waals surface area contributed by atoms with E-state index < -0.39 is 20.6 Å². The number of hydrogen-bond donors (Lipinski definition) is 0. The zero-order chi connectivity index (χ0) is 21.2. The van der Waals surface area contributed by atoms with Crippen LogP contribution >= 0.6 is 0 Å². The highest BCUT2D eigenvalue weighted by Gasteiger charge is 2.47. The van der Waals surface area contributed by atoms with Crippen molar-refractivity contribution in [3.05, 3.63) is 34.4 Å². The Balaban J connectivity index is 1.93. The third-order valence-corrected chi connectivity index (χ3v) is 8.09. The van der Waals surface area contributed by atoms with Crippen LogP contribution in [0.2, 0.25) is 0 Å². The van der Waals surface area contributed by atoms with E-state index in [-0.39, 0.29) is 34.7 Å². The highest BCUT2D eigenvalue weighted by Crippen LogP contribution is 2.45. The lowest BCUT2D eigenvalue weighted by molar-refractivity contribution is -0.387. The van der Waals surface area contributed by atoms with E-state index in [0.29, 0.717) is 32.4 Å². The Hall–Kier alpha value is -2.00. The van der Waals surface area contributed by atoms with E-state index >= 15 is 0 Å². The van der Waals surface area contributed by atoms with Gasteiger partial charge < -0.3 is 4.74 Å². The summed E-state index contributed by atoms with van der Waals surface area (Å²) in [6.07, 6.45) is 3.38. The van der Waals surface area contributed by atoms with Crippen molar-refractivity contribution in [2.24, 2.45) is 17.8 Å². The van der Waals surface area contributed by atoms with E-state index in [2.05, 4.69) is 6.92 Å². The van der Waals surface area contributed by atoms with Gasteiger partial charge in [-0.05, 0) is 56.4 Å². The van der Waals surface area contributed by atoms with Crippen LogP contribution in [0.15, 0.2) is 29.2 Å². The van der Waals surface area contributed by atoms with Crippen molar-refractivity contribution in [2.45, 2.75) is 56.9 Å². The molecule has 1 heterocycles. The van der Waals surface area contributed by atoms with E-state index in [0.717, 1.165) is 12.8 Å². The summed E-state index contributed by atoms with van der Waals surface area (Å²) in [5.74, 6) is 0.134. The average molecular weight is 425 g/mol. The number of nitrogens with zero attached hydrogens (tertiary/aromatic N) is 2. The van der Waals surface area contributed by atoms with Gasteiger partial charge in [-0.3, -0.25) is 14.9 Å². The fraction of sp³-hybridized carbons (Fsp3) is 0.650. The summed E-state index contributed by atoms with van der Waals surface area (Å²) in [6, 6.07) is 5.25. The largest absolute Gasteiger partial charge is 0.466 e. The fourth-order valence-electron chi connectivity index (χ4n) is 5.02. The van der Waals surface area contributed by atoms with Crippen molar-refractivity contribution >= 4 is 21.7 Å². The fourth-order valence-corrected chi connectivity index (χ4v) is 6.89. The first-order valence-corrected chi connectivity index (χ1v) is 11.6. The van der Waals surface area contributed by atoms with Gasteiger partial charge in [0.05, 0.1) is 11.5 Å². The van der Waals surface area contributed by atoms with Crippen molar-refractivity contribution in [1.82, 2.24) is 4.31 Å². The maximum absolute atomic E-state index is 13.4. The first kappa shape index (κ1) is 21.7. The summed E-state index contributed by atoms with van der Waals surface area (Å²) in [4.78, 5) is 22.6. The number of carbonyl (C=O) groups excluding carboxylic acids is 1. The Morgan fingerprint density at radius 1 is 1.31 bits per heavy atom. The van der Waals surface area contributed by atoms with E-state index in [1.807, 2.05) is 0 Å². The molecule has 0 aromatic heterocycles. The topological polar surface area (TPSA) is 107 Å². The first-order chi connectivity index (χ1) is 13.8. The molecule has 0 unspecified atom stereocenters. The lowest BCUT2D eigenvalue weighted by Crippen LogP contribution is -2.53. The van der Waals surface area contributed by atoms with E-state index in [4.69, 9.17) is 4.74 Å². The molecule has 2 fully saturated rings. The second kappa shape index (κ2) is 8.79. The predicted octanol–water partition coefficient (Wildman–Crippen LogP) is 3.36. The molecule has 1 aromatic carbocycles. The van der Waals surface area contributed by atoms with Gasteiger partial charge in [0.25, 0.3) is 5.69 Å². The number of nitro benzene ring substituents is 1. The number of piperidine rings is 1. The molecule has 0 spiro atoms. The van der Waals surface area contributed by atoms with E-state index in [1.54, 1.807) is 6.92 Å². The monoisotopic (exact) mass is 424 g/mol. The molecule has 1 aromatic rings. The molecule has 1 aliphatic carbocycles. The zero-order valence-corrected chi connectivity index (χ0v) is 17.6. The number of rotatable bonds is 6. The van der Waals surface area contributed by atoms with Crippen LogP contribution in [-0.4, -0.2) is 42.8 Å². The molecular formula is C20H28N2O6S. The molecule has 9 heteroatoms. The Bertz CT molecular complexity index is 871. The average Bonchev–Trinajstić information content (AvgIpc) is 2.67. The Kier molecular flexibility index (Phi) is 6.58. The minimum Gasteiger partial charge on any atom is -0.466 e. The number of nitro groups is 1. The van der Waals surface area contributed by atoms with Crippen molar-refractivity contribution in [3.8, 4) is 0 Å². The second-order valence-corrected chi connectivity index (χ2v) is 9.92. The molecule has 1 saturated heterocycles. The summed E-state index contributed by atoms with van der Waals surface area (Å²) in [7, 11) is -4.02. The number of esters is 1. The smallest absolute Gasteiger partial charge is 0.306 e. The number of para-hydroxylation sites is 1. The summed E-state index contributed by atoms with van der Waals surface area (Å²) in [5, 5.41) is 11.4. The maximum Gasteiger partial charge on any atom is 0.306 e. The second-order valence-electron chi connectivity index (χ2n) is 8.06. The van der Waals surface area contributed by atoms with Crippen molar-refractivity contribution in [2.75, 3.05) is 13.2 Å². The lowest BCUT2D eigenvalue weighted by atomic mass is 9.67. The van der Waals surface area contributed by atoms with Crippen LogP contribution < -0.4 is 0 Å². The van der Waals surface area contributed by atoms with Gasteiger partial charge in [0.15, 0.2) is 4.90 Å². The molecule has 0 radical (unpaired) electrons. The standard InChI is InChI=1S/C20H28N2O6S/c1-3-28-20(23)13-15-11-14(2)12-18-16(15)7-6-10-21(18)29(26,27)19-9-5-4-8-17(19)22(24)25/h4-5,8-9,14-16,18H,3,6-7,10-13H2,1-2H3/t14-,15-,16-,18+/m1/s1. The van der Waals surface area contributed by atoms with Gasteiger partial charge in [0.2, 0.25) is 10.0 Å². The molecule has 1 saturated carbocycles. The summed E-state index contributed by atoms with van der Waals surface area (Å²) in [5.41, 5.74) is -0.401. The molecule has 1 aliphatic heterocycles. The summed E-state index contributed by atoms with van der Waals surface area (Å²) >= 11 is 0. The summed E-state index contributed by atoms with van der Waals surface area (Å²) < 4.78 is 33.4. The van der Waals surface area contributed by atoms with Crippen LogP contribution in [0.25, 0.3) is 0 Å². The number of ether oxygens (including phenoxy) is 1. The number of sulfonamides is 1. The predicted molar refractivity (Wildman–Crippen MR) is 107 cm³/mol. The van der Waals surface area contributed by atoms with Crippen molar-refractivity contribution < 1.29 is 22.9 Å². The van der Waals surface area contributed by atoms with Crippen LogP contribution in [0.1, 0.15) is 46.0 Å². The molecule has 0 bridgehead atoms. The maximum atomic E-state index is 13.4. The molecule has 8 nitrogen and oxygen atoms in total. The molecular weight excluding hydrogens is 396 g/mol. The Morgan fingerprint density at radius 2 is 2.03 bits per heavy atom. The van der Waals surface area contributed by atoms with Gasteiger partial charge in [0, 0.05) is 25.1 Å². The molecule has 4 atom stereocenters. The number of carbonyl (C=O) groups is 1. The lowest BCUT2D eigenvalue weighted by Gasteiger charge is -2.48. The van der Waals surface area contributed by atoms with E-state index in [1.165, 1.54) is 28.6 Å². The molecule has 3 rings (SSSR count). The van der Waals surface area contributed by atoms with Crippen LogP contribution in [-0.2, 0) is 19.6 Å². The first-order valence-electron chi connectivity index (χ1n) is 10.2. The third kappa shape index (κ3) is 4.45. The Labute approximate surface area is 171 Å². The SMILES string of the molecule is CCOC(=O)C[C@H]1C[C@@H](C)C[C@H]2[C@@H]1CCCN2S(=O)(=O)c1ccccc1[N+](=O)[O-].